The topological polar surface area (TPSA) is 82.8 Å². The van der Waals surface area contributed by atoms with Crippen LogP contribution in [-0.2, 0) is 6.54 Å². The number of nitrogens with one attached hydrogen (secondary N) is 1. The maximum absolute atomic E-state index is 5.99. The highest BCUT2D eigenvalue weighted by molar-refractivity contribution is 5.60. The molecular formula is C26H23N5O3. The number of ether oxygens (including phenoxy) is 3. The van der Waals surface area contributed by atoms with Crippen LogP contribution in [0.2, 0.25) is 0 Å². The van der Waals surface area contributed by atoms with Crippen molar-refractivity contribution >= 4 is 11.6 Å². The Morgan fingerprint density at radius 1 is 0.794 bits per heavy atom. The Morgan fingerprint density at radius 3 is 2.26 bits per heavy atom. The molecule has 0 saturated heterocycles. The van der Waals surface area contributed by atoms with Crippen molar-refractivity contribution in [3.05, 3.63) is 90.5 Å². The Balaban J connectivity index is 1.50. The fourth-order valence-corrected chi connectivity index (χ4v) is 3.53. The molecule has 0 bridgehead atoms. The van der Waals surface area contributed by atoms with Crippen LogP contribution in [-0.4, -0.2) is 33.8 Å². The number of methoxy groups -OCH3 is 2. The van der Waals surface area contributed by atoms with E-state index in [0.717, 1.165) is 11.1 Å². The number of aromatic nitrogens is 4. The lowest BCUT2D eigenvalue weighted by atomic mass is 10.2. The Labute approximate surface area is 196 Å². The van der Waals surface area contributed by atoms with Crippen LogP contribution in [0.4, 0.5) is 5.95 Å². The number of anilines is 1. The summed E-state index contributed by atoms with van der Waals surface area (Å²) in [6.45, 7) is 0.484. The van der Waals surface area contributed by atoms with Crippen LogP contribution >= 0.6 is 0 Å². The summed E-state index contributed by atoms with van der Waals surface area (Å²) in [4.78, 5) is 9.37. The Hall–Kier alpha value is -4.59. The molecule has 0 amide bonds. The summed E-state index contributed by atoms with van der Waals surface area (Å²) in [7, 11) is 3.23. The van der Waals surface area contributed by atoms with Crippen molar-refractivity contribution in [2.75, 3.05) is 19.5 Å². The molecular weight excluding hydrogens is 430 g/mol. The summed E-state index contributed by atoms with van der Waals surface area (Å²) in [5.41, 5.74) is 2.53. The highest BCUT2D eigenvalue weighted by Gasteiger charge is 2.14. The van der Waals surface area contributed by atoms with Crippen LogP contribution in [0.15, 0.2) is 84.9 Å². The molecule has 2 heterocycles. The molecule has 0 fully saturated rings. The fourth-order valence-electron chi connectivity index (χ4n) is 3.53. The number of nitrogens with zero attached hydrogens (tertiary/aromatic N) is 4. The van der Waals surface area contributed by atoms with Gasteiger partial charge in [-0.15, -0.1) is 5.10 Å². The first kappa shape index (κ1) is 21.3. The van der Waals surface area contributed by atoms with Gasteiger partial charge in [-0.1, -0.05) is 54.6 Å². The van der Waals surface area contributed by atoms with E-state index in [1.54, 1.807) is 24.8 Å². The van der Waals surface area contributed by atoms with Crippen molar-refractivity contribution in [1.82, 2.24) is 19.6 Å². The third-order valence-electron chi connectivity index (χ3n) is 5.20. The van der Waals surface area contributed by atoms with Gasteiger partial charge in [0.05, 0.1) is 14.2 Å². The van der Waals surface area contributed by atoms with E-state index in [2.05, 4.69) is 15.4 Å². The van der Waals surface area contributed by atoms with E-state index < -0.39 is 0 Å². The van der Waals surface area contributed by atoms with Gasteiger partial charge in [0.25, 0.3) is 0 Å². The summed E-state index contributed by atoms with van der Waals surface area (Å²) in [6, 6.07) is 26.9. The largest absolute Gasteiger partial charge is 0.493 e. The molecule has 2 aromatic heterocycles. The van der Waals surface area contributed by atoms with E-state index in [1.165, 1.54) is 0 Å². The lowest BCUT2D eigenvalue weighted by molar-refractivity contribution is 0.354. The Bertz CT molecular complexity index is 1400. The van der Waals surface area contributed by atoms with E-state index in [9.17, 15) is 0 Å². The third kappa shape index (κ3) is 4.47. The smallest absolute Gasteiger partial charge is 0.229 e. The van der Waals surface area contributed by atoms with Crippen LogP contribution < -0.4 is 19.5 Å². The molecule has 8 heteroatoms. The van der Waals surface area contributed by atoms with Crippen LogP contribution in [0.1, 0.15) is 5.56 Å². The van der Waals surface area contributed by atoms with Crippen LogP contribution in [0.5, 0.6) is 23.1 Å². The molecule has 170 valence electrons. The highest BCUT2D eigenvalue weighted by Crippen LogP contribution is 2.28. The number of benzene rings is 3. The minimum atomic E-state index is 0.417. The molecule has 0 aliphatic heterocycles. The van der Waals surface area contributed by atoms with Crippen molar-refractivity contribution in [1.29, 1.82) is 0 Å². The molecule has 0 radical (unpaired) electrons. The van der Waals surface area contributed by atoms with Crippen molar-refractivity contribution in [3.63, 3.8) is 0 Å². The van der Waals surface area contributed by atoms with Gasteiger partial charge in [0.2, 0.25) is 11.8 Å². The van der Waals surface area contributed by atoms with Gasteiger partial charge in [0, 0.05) is 18.2 Å². The molecule has 3 aromatic carbocycles. The summed E-state index contributed by atoms with van der Waals surface area (Å²) in [5.74, 6) is 3.55. The summed E-state index contributed by atoms with van der Waals surface area (Å²) in [6.07, 6.45) is 0. The zero-order valence-corrected chi connectivity index (χ0v) is 18.8. The SMILES string of the molecule is COc1ccc(CNc2nc(Oc3ccccc3)cc3nc(-c4ccccc4)nn23)cc1OC. The predicted molar refractivity (Wildman–Crippen MR) is 130 cm³/mol. The number of hydrogen-bond acceptors (Lipinski definition) is 7. The average Bonchev–Trinajstić information content (AvgIpc) is 3.32. The lowest BCUT2D eigenvalue weighted by Crippen LogP contribution is -2.08. The molecule has 0 aliphatic rings. The lowest BCUT2D eigenvalue weighted by Gasteiger charge is -2.12. The van der Waals surface area contributed by atoms with Crippen LogP contribution in [0, 0.1) is 0 Å². The number of hydrogen-bond donors (Lipinski definition) is 1. The first-order valence-electron chi connectivity index (χ1n) is 10.7. The Kier molecular flexibility index (Phi) is 5.94. The molecule has 0 atom stereocenters. The molecule has 8 nitrogen and oxygen atoms in total. The minimum absolute atomic E-state index is 0.417. The van der Waals surface area contributed by atoms with E-state index >= 15 is 0 Å². The zero-order valence-electron chi connectivity index (χ0n) is 18.8. The van der Waals surface area contributed by atoms with Crippen molar-refractivity contribution in [2.24, 2.45) is 0 Å². The normalized spacial score (nSPS) is 10.8. The molecule has 5 rings (SSSR count). The molecule has 5 aromatic rings. The van der Waals surface area contributed by atoms with Gasteiger partial charge < -0.3 is 19.5 Å². The molecule has 1 N–H and O–H groups in total. The van der Waals surface area contributed by atoms with Crippen LogP contribution in [0.3, 0.4) is 0 Å². The number of rotatable bonds is 8. The van der Waals surface area contributed by atoms with E-state index in [0.29, 0.717) is 47.1 Å². The quantitative estimate of drug-likeness (QED) is 0.345. The minimum Gasteiger partial charge on any atom is -0.493 e. The highest BCUT2D eigenvalue weighted by atomic mass is 16.5. The second-order valence-corrected chi connectivity index (χ2v) is 7.45. The second-order valence-electron chi connectivity index (χ2n) is 7.45. The summed E-state index contributed by atoms with van der Waals surface area (Å²) >= 11 is 0. The van der Waals surface area contributed by atoms with Gasteiger partial charge in [-0.25, -0.2) is 4.98 Å². The van der Waals surface area contributed by atoms with Gasteiger partial charge in [0.1, 0.15) is 5.75 Å². The first-order valence-corrected chi connectivity index (χ1v) is 10.7. The van der Waals surface area contributed by atoms with Gasteiger partial charge in [-0.3, -0.25) is 0 Å². The van der Waals surface area contributed by atoms with Gasteiger partial charge in [-0.2, -0.15) is 9.50 Å². The average molecular weight is 454 g/mol. The van der Waals surface area contributed by atoms with E-state index in [4.69, 9.17) is 19.2 Å². The van der Waals surface area contributed by atoms with Crippen molar-refractivity contribution in [2.45, 2.75) is 6.54 Å². The summed E-state index contributed by atoms with van der Waals surface area (Å²) < 4.78 is 18.4. The fraction of sp³-hybridized carbons (Fsp3) is 0.115. The van der Waals surface area contributed by atoms with Crippen LogP contribution in [0.25, 0.3) is 17.0 Å². The zero-order chi connectivity index (χ0) is 23.3. The predicted octanol–water partition coefficient (Wildman–Crippen LogP) is 5.21. The van der Waals surface area contributed by atoms with Gasteiger partial charge in [-0.05, 0) is 29.8 Å². The van der Waals surface area contributed by atoms with Crippen molar-refractivity contribution < 1.29 is 14.2 Å². The van der Waals surface area contributed by atoms with E-state index in [-0.39, 0.29) is 0 Å². The Morgan fingerprint density at radius 2 is 1.53 bits per heavy atom. The maximum Gasteiger partial charge on any atom is 0.229 e. The monoisotopic (exact) mass is 453 g/mol. The molecule has 0 aliphatic carbocycles. The van der Waals surface area contributed by atoms with E-state index in [1.807, 2.05) is 78.9 Å². The second kappa shape index (κ2) is 9.50. The van der Waals surface area contributed by atoms with Crippen molar-refractivity contribution in [3.8, 4) is 34.5 Å². The number of para-hydroxylation sites is 1. The molecule has 34 heavy (non-hydrogen) atoms. The summed E-state index contributed by atoms with van der Waals surface area (Å²) in [5, 5.41) is 8.04. The third-order valence-corrected chi connectivity index (χ3v) is 5.20. The van der Waals surface area contributed by atoms with Gasteiger partial charge >= 0.3 is 0 Å². The molecule has 0 spiro atoms. The number of fused-ring (bicyclic) bond motifs is 1. The standard InChI is InChI=1S/C26H23N5O3/c1-32-21-14-13-18(15-22(21)33-2)17-27-26-29-24(34-20-11-7-4-8-12-20)16-23-28-25(30-31(23)26)19-9-5-3-6-10-19/h3-16H,17H2,1-2H3,(H,27,29). The first-order chi connectivity index (χ1) is 16.7. The maximum atomic E-state index is 5.99. The molecule has 0 unspecified atom stereocenters. The molecule has 0 saturated carbocycles. The van der Waals surface area contributed by atoms with Gasteiger partial charge in [0.15, 0.2) is 23.0 Å².